The molecule has 2 unspecified atom stereocenters. The maximum absolute atomic E-state index is 12.6. The number of hydrogen-bond acceptors (Lipinski definition) is 3. The van der Waals surface area contributed by atoms with Crippen molar-refractivity contribution in [2.24, 2.45) is 5.73 Å². The van der Waals surface area contributed by atoms with Gasteiger partial charge in [0, 0.05) is 24.6 Å². The number of hydrogen-bond donors (Lipinski definition) is 1. The molecule has 4 nitrogen and oxygen atoms in total. The van der Waals surface area contributed by atoms with E-state index in [0.717, 1.165) is 12.4 Å². The van der Waals surface area contributed by atoms with Gasteiger partial charge in [0.05, 0.1) is 17.8 Å². The molecule has 0 spiro atoms. The molecule has 0 fully saturated rings. The molecule has 2 heterocycles. The van der Waals surface area contributed by atoms with Crippen LogP contribution in [0, 0.1) is 0 Å². The van der Waals surface area contributed by atoms with Crippen molar-refractivity contribution in [2.75, 3.05) is 0 Å². The maximum atomic E-state index is 12.6. The van der Waals surface area contributed by atoms with E-state index < -0.39 is 23.8 Å². The molecule has 0 amide bonds. The van der Waals surface area contributed by atoms with Crippen LogP contribution in [-0.2, 0) is 6.18 Å². The minimum absolute atomic E-state index is 0.398. The van der Waals surface area contributed by atoms with Gasteiger partial charge in [0.25, 0.3) is 0 Å². The summed E-state index contributed by atoms with van der Waals surface area (Å²) in [6.45, 7) is 1.71. The Bertz CT molecular complexity index is 533. The van der Waals surface area contributed by atoms with Crippen LogP contribution in [0.3, 0.4) is 0 Å². The van der Waals surface area contributed by atoms with Crippen molar-refractivity contribution in [2.45, 2.75) is 25.2 Å². The van der Waals surface area contributed by atoms with Gasteiger partial charge < -0.3 is 5.73 Å². The number of rotatable bonds is 3. The van der Waals surface area contributed by atoms with Gasteiger partial charge in [-0.15, -0.1) is 0 Å². The summed E-state index contributed by atoms with van der Waals surface area (Å²) in [5.74, 6) is 0. The van der Waals surface area contributed by atoms with Gasteiger partial charge in [-0.05, 0) is 18.6 Å². The molecule has 0 aliphatic rings. The van der Waals surface area contributed by atoms with E-state index in [1.165, 1.54) is 4.68 Å². The van der Waals surface area contributed by atoms with Crippen molar-refractivity contribution in [1.82, 2.24) is 14.8 Å². The third-order valence-corrected chi connectivity index (χ3v) is 2.74. The molecule has 0 aliphatic carbocycles. The Morgan fingerprint density at radius 1 is 1.32 bits per heavy atom. The van der Waals surface area contributed by atoms with Crippen LogP contribution in [-0.4, -0.2) is 20.8 Å². The van der Waals surface area contributed by atoms with E-state index >= 15 is 0 Å². The second-order valence-corrected chi connectivity index (χ2v) is 4.30. The third-order valence-electron chi connectivity index (χ3n) is 2.74. The van der Waals surface area contributed by atoms with Crippen molar-refractivity contribution in [1.29, 1.82) is 0 Å². The summed E-state index contributed by atoms with van der Waals surface area (Å²) >= 11 is 0. The molecule has 102 valence electrons. The first-order valence-corrected chi connectivity index (χ1v) is 5.66. The Hall–Kier alpha value is -1.89. The lowest BCUT2D eigenvalue weighted by atomic mass is 10.0. The monoisotopic (exact) mass is 270 g/mol. The van der Waals surface area contributed by atoms with Crippen LogP contribution >= 0.6 is 0 Å². The van der Waals surface area contributed by atoms with E-state index in [9.17, 15) is 13.2 Å². The van der Waals surface area contributed by atoms with E-state index in [2.05, 4.69) is 10.1 Å². The molecule has 2 aromatic rings. The van der Waals surface area contributed by atoms with E-state index in [0.29, 0.717) is 5.56 Å². The largest absolute Gasteiger partial charge is 0.419 e. The zero-order valence-electron chi connectivity index (χ0n) is 10.2. The Morgan fingerprint density at radius 2 is 2.05 bits per heavy atom. The first kappa shape index (κ1) is 13.5. The average molecular weight is 270 g/mol. The van der Waals surface area contributed by atoms with E-state index in [1.54, 1.807) is 31.5 Å². The second kappa shape index (κ2) is 5.00. The molecule has 19 heavy (non-hydrogen) atoms. The molecule has 0 saturated heterocycles. The predicted octanol–water partition coefficient (Wildman–Crippen LogP) is 2.23. The minimum Gasteiger partial charge on any atom is -0.326 e. The summed E-state index contributed by atoms with van der Waals surface area (Å²) in [5, 5.41) is 3.77. The molecule has 0 radical (unpaired) electrons. The van der Waals surface area contributed by atoms with Crippen LogP contribution in [0.4, 0.5) is 13.2 Å². The summed E-state index contributed by atoms with van der Waals surface area (Å²) < 4.78 is 38.9. The summed E-state index contributed by atoms with van der Waals surface area (Å²) in [6.07, 6.45) is 0.511. The molecule has 0 aromatic carbocycles. The average Bonchev–Trinajstić information content (AvgIpc) is 2.79. The van der Waals surface area contributed by atoms with Crippen molar-refractivity contribution < 1.29 is 13.2 Å². The van der Waals surface area contributed by atoms with Crippen LogP contribution < -0.4 is 5.73 Å². The molecule has 7 heteroatoms. The highest BCUT2D eigenvalue weighted by Gasteiger charge is 2.33. The zero-order valence-corrected chi connectivity index (χ0v) is 10.2. The van der Waals surface area contributed by atoms with Crippen molar-refractivity contribution in [3.63, 3.8) is 0 Å². The fraction of sp³-hybridized carbons (Fsp3) is 0.333. The number of halogens is 3. The lowest BCUT2D eigenvalue weighted by Crippen LogP contribution is -2.30. The van der Waals surface area contributed by atoms with Crippen molar-refractivity contribution in [3.05, 3.63) is 48.0 Å². The van der Waals surface area contributed by atoms with Crippen LogP contribution in [0.2, 0.25) is 0 Å². The molecule has 2 atom stereocenters. The van der Waals surface area contributed by atoms with Gasteiger partial charge in [-0.2, -0.15) is 18.3 Å². The Kier molecular flexibility index (Phi) is 3.57. The molecule has 0 aliphatic heterocycles. The normalized spacial score (nSPS) is 15.2. The molecule has 2 aromatic heterocycles. The van der Waals surface area contributed by atoms with E-state index in [4.69, 9.17) is 5.73 Å². The number of pyridine rings is 1. The molecular formula is C12H13F3N4. The van der Waals surface area contributed by atoms with Gasteiger partial charge in [0.15, 0.2) is 0 Å². The maximum Gasteiger partial charge on any atom is 0.419 e. The number of nitrogens with two attached hydrogens (primary N) is 1. The lowest BCUT2D eigenvalue weighted by Gasteiger charge is -2.21. The first-order valence-electron chi connectivity index (χ1n) is 5.66. The van der Waals surface area contributed by atoms with Crippen LogP contribution in [0.5, 0.6) is 0 Å². The molecule has 0 bridgehead atoms. The molecule has 2 N–H and O–H groups in total. The quantitative estimate of drug-likeness (QED) is 0.930. The van der Waals surface area contributed by atoms with Gasteiger partial charge in [-0.25, -0.2) is 0 Å². The number of alkyl halides is 3. The highest BCUT2D eigenvalue weighted by molar-refractivity contribution is 5.19. The summed E-state index contributed by atoms with van der Waals surface area (Å²) in [4.78, 5) is 3.95. The SMILES string of the molecule is CC(N)C(c1cccnc1)n1cc(C(F)(F)F)cn1. The van der Waals surface area contributed by atoms with Crippen LogP contribution in [0.25, 0.3) is 0 Å². The van der Waals surface area contributed by atoms with E-state index in [-0.39, 0.29) is 0 Å². The zero-order chi connectivity index (χ0) is 14.0. The van der Waals surface area contributed by atoms with Crippen molar-refractivity contribution in [3.8, 4) is 0 Å². The number of aromatic nitrogens is 3. The second-order valence-electron chi connectivity index (χ2n) is 4.30. The Morgan fingerprint density at radius 3 is 2.53 bits per heavy atom. The smallest absolute Gasteiger partial charge is 0.326 e. The minimum atomic E-state index is -4.41. The molecule has 2 rings (SSSR count). The number of nitrogens with zero attached hydrogens (tertiary/aromatic N) is 3. The highest BCUT2D eigenvalue weighted by atomic mass is 19.4. The summed E-state index contributed by atoms with van der Waals surface area (Å²) in [6, 6.07) is 2.59. The fourth-order valence-corrected chi connectivity index (χ4v) is 1.88. The van der Waals surface area contributed by atoms with Crippen molar-refractivity contribution >= 4 is 0 Å². The van der Waals surface area contributed by atoms with Crippen LogP contribution in [0.15, 0.2) is 36.9 Å². The molecule has 0 saturated carbocycles. The van der Waals surface area contributed by atoms with Gasteiger partial charge in [0.2, 0.25) is 0 Å². The molecular weight excluding hydrogens is 257 g/mol. The highest BCUT2D eigenvalue weighted by Crippen LogP contribution is 2.30. The van der Waals surface area contributed by atoms with Gasteiger partial charge >= 0.3 is 6.18 Å². The third kappa shape index (κ3) is 2.93. The van der Waals surface area contributed by atoms with Gasteiger partial charge in [0.1, 0.15) is 0 Å². The van der Waals surface area contributed by atoms with E-state index in [1.807, 2.05) is 0 Å². The fourth-order valence-electron chi connectivity index (χ4n) is 1.88. The Balaban J connectivity index is 2.38. The van der Waals surface area contributed by atoms with Crippen LogP contribution in [0.1, 0.15) is 24.1 Å². The lowest BCUT2D eigenvalue weighted by molar-refractivity contribution is -0.137. The first-order chi connectivity index (χ1) is 8.89. The van der Waals surface area contributed by atoms with Gasteiger partial charge in [-0.3, -0.25) is 9.67 Å². The predicted molar refractivity (Wildman–Crippen MR) is 63.3 cm³/mol. The topological polar surface area (TPSA) is 56.7 Å². The summed E-state index contributed by atoms with van der Waals surface area (Å²) in [7, 11) is 0. The van der Waals surface area contributed by atoms with Gasteiger partial charge in [-0.1, -0.05) is 6.07 Å². The summed E-state index contributed by atoms with van der Waals surface area (Å²) in [5.41, 5.74) is 5.78. The standard InChI is InChI=1S/C12H13F3N4/c1-8(16)11(9-3-2-4-17-5-9)19-7-10(6-18-19)12(13,14)15/h2-8,11H,16H2,1H3. The Labute approximate surface area is 108 Å².